The minimum Gasteiger partial charge on any atom is -0.352 e. The number of ether oxygens (including phenoxy) is 1. The van der Waals surface area contributed by atoms with E-state index < -0.39 is 0 Å². The van der Waals surface area contributed by atoms with Crippen LogP contribution in [-0.4, -0.2) is 24.0 Å². The molecule has 2 aromatic carbocycles. The summed E-state index contributed by atoms with van der Waals surface area (Å²) in [6.07, 6.45) is -0.180. The van der Waals surface area contributed by atoms with Crippen molar-refractivity contribution in [2.24, 2.45) is 0 Å². The molecule has 2 aromatic rings. The van der Waals surface area contributed by atoms with E-state index in [1.54, 1.807) is 0 Å². The van der Waals surface area contributed by atoms with Crippen molar-refractivity contribution < 1.29 is 9.53 Å². The molecule has 2 heterocycles. The third-order valence-electron chi connectivity index (χ3n) is 3.59. The van der Waals surface area contributed by atoms with Crippen LogP contribution in [0.5, 0.6) is 0 Å². The van der Waals surface area contributed by atoms with Crippen LogP contribution in [0.3, 0.4) is 0 Å². The van der Waals surface area contributed by atoms with Crippen molar-refractivity contribution in [3.05, 3.63) is 47.5 Å². The topological polar surface area (TPSA) is 29.5 Å². The van der Waals surface area contributed by atoms with Crippen LogP contribution < -0.4 is 0 Å². The lowest BCUT2D eigenvalue weighted by Crippen LogP contribution is -2.34. The monoisotopic (exact) mass is 225 g/mol. The molecule has 1 saturated heterocycles. The van der Waals surface area contributed by atoms with Gasteiger partial charge in [-0.2, -0.15) is 0 Å². The summed E-state index contributed by atoms with van der Waals surface area (Å²) in [4.78, 5) is 14.1. The van der Waals surface area contributed by atoms with Crippen molar-refractivity contribution >= 4 is 16.7 Å². The lowest BCUT2D eigenvalue weighted by atomic mass is 9.94. The van der Waals surface area contributed by atoms with Crippen molar-refractivity contribution in [3.63, 3.8) is 0 Å². The maximum atomic E-state index is 12.3. The average Bonchev–Trinajstić information content (AvgIpc) is 2.85. The summed E-state index contributed by atoms with van der Waals surface area (Å²) in [5, 5.41) is 2.17. The molecule has 84 valence electrons. The van der Waals surface area contributed by atoms with Gasteiger partial charge in [0.1, 0.15) is 0 Å². The third-order valence-corrected chi connectivity index (χ3v) is 3.59. The van der Waals surface area contributed by atoms with Gasteiger partial charge in [0.05, 0.1) is 6.61 Å². The predicted octanol–water partition coefficient (Wildman–Crippen LogP) is 2.32. The Morgan fingerprint density at radius 1 is 1.18 bits per heavy atom. The molecule has 0 N–H and O–H groups in total. The van der Waals surface area contributed by atoms with Crippen molar-refractivity contribution in [1.29, 1.82) is 0 Å². The molecule has 2 aliphatic heterocycles. The smallest absolute Gasteiger partial charge is 0.256 e. The van der Waals surface area contributed by atoms with E-state index in [0.29, 0.717) is 13.2 Å². The minimum absolute atomic E-state index is 0.0943. The van der Waals surface area contributed by atoms with Crippen LogP contribution in [-0.2, 0) is 4.74 Å². The molecule has 3 heteroatoms. The van der Waals surface area contributed by atoms with Gasteiger partial charge in [-0.15, -0.1) is 0 Å². The van der Waals surface area contributed by atoms with Gasteiger partial charge >= 0.3 is 0 Å². The Morgan fingerprint density at radius 2 is 2.00 bits per heavy atom. The number of nitrogens with zero attached hydrogens (tertiary/aromatic N) is 1. The number of amides is 1. The summed E-state index contributed by atoms with van der Waals surface area (Å²) in [6, 6.07) is 12.0. The van der Waals surface area contributed by atoms with Crippen LogP contribution in [0.2, 0.25) is 0 Å². The fourth-order valence-electron chi connectivity index (χ4n) is 2.84. The van der Waals surface area contributed by atoms with E-state index in [0.717, 1.165) is 21.9 Å². The second-order valence-corrected chi connectivity index (χ2v) is 4.47. The second-order valence-electron chi connectivity index (χ2n) is 4.47. The molecule has 2 aliphatic rings. The highest BCUT2D eigenvalue weighted by Crippen LogP contribution is 2.39. The molecule has 0 spiro atoms. The zero-order chi connectivity index (χ0) is 11.4. The Kier molecular flexibility index (Phi) is 1.66. The van der Waals surface area contributed by atoms with Crippen molar-refractivity contribution in [3.8, 4) is 0 Å². The largest absolute Gasteiger partial charge is 0.352 e. The molecule has 3 nitrogen and oxygen atoms in total. The van der Waals surface area contributed by atoms with Gasteiger partial charge in [-0.3, -0.25) is 4.79 Å². The van der Waals surface area contributed by atoms with Gasteiger partial charge < -0.3 is 9.64 Å². The van der Waals surface area contributed by atoms with Gasteiger partial charge in [-0.05, 0) is 11.5 Å². The molecular formula is C14H11NO2. The van der Waals surface area contributed by atoms with E-state index in [1.807, 2.05) is 35.2 Å². The summed E-state index contributed by atoms with van der Waals surface area (Å²) in [5.74, 6) is 0.0943. The molecule has 1 unspecified atom stereocenters. The van der Waals surface area contributed by atoms with E-state index in [9.17, 15) is 4.79 Å². The average molecular weight is 225 g/mol. The van der Waals surface area contributed by atoms with E-state index in [-0.39, 0.29) is 12.1 Å². The second kappa shape index (κ2) is 3.08. The standard InChI is InChI=1S/C14H11NO2/c16-13-10-5-1-3-9-4-2-6-11(12(9)10)14-15(13)7-8-17-14/h1-6,14H,7-8H2. The number of benzene rings is 2. The highest BCUT2D eigenvalue weighted by atomic mass is 16.5. The Bertz CT molecular complexity index is 630. The number of carbonyl (C=O) groups excluding carboxylic acids is 1. The molecule has 4 rings (SSSR count). The molecule has 0 radical (unpaired) electrons. The van der Waals surface area contributed by atoms with Crippen LogP contribution in [0.15, 0.2) is 36.4 Å². The number of hydrogen-bond donors (Lipinski definition) is 0. The van der Waals surface area contributed by atoms with Gasteiger partial charge in [0.15, 0.2) is 6.23 Å². The van der Waals surface area contributed by atoms with Gasteiger partial charge in [0.2, 0.25) is 0 Å². The first-order valence-corrected chi connectivity index (χ1v) is 5.80. The maximum absolute atomic E-state index is 12.3. The molecule has 0 saturated carbocycles. The highest BCUT2D eigenvalue weighted by molar-refractivity contribution is 6.10. The molecule has 0 bridgehead atoms. The first-order valence-electron chi connectivity index (χ1n) is 5.80. The van der Waals surface area contributed by atoms with E-state index in [2.05, 4.69) is 6.07 Å². The van der Waals surface area contributed by atoms with Crippen LogP contribution in [0.25, 0.3) is 10.8 Å². The molecule has 0 aromatic heterocycles. The number of fused-ring (bicyclic) bond motifs is 2. The summed E-state index contributed by atoms with van der Waals surface area (Å²) in [5.41, 5.74) is 1.93. The van der Waals surface area contributed by atoms with Gasteiger partial charge in [0, 0.05) is 23.1 Å². The fraction of sp³-hybridized carbons (Fsp3) is 0.214. The van der Waals surface area contributed by atoms with Crippen LogP contribution in [0.1, 0.15) is 22.1 Å². The molecule has 17 heavy (non-hydrogen) atoms. The van der Waals surface area contributed by atoms with Crippen molar-refractivity contribution in [2.75, 3.05) is 13.2 Å². The first kappa shape index (κ1) is 9.19. The van der Waals surface area contributed by atoms with Crippen LogP contribution in [0, 0.1) is 0 Å². The quantitative estimate of drug-likeness (QED) is 0.688. The Balaban J connectivity index is 2.14. The fourth-order valence-corrected chi connectivity index (χ4v) is 2.84. The maximum Gasteiger partial charge on any atom is 0.256 e. The SMILES string of the molecule is O=C1c2cccc3cccc(c23)C2OCCN12. The van der Waals surface area contributed by atoms with Gasteiger partial charge in [-0.25, -0.2) is 0 Å². The van der Waals surface area contributed by atoms with Gasteiger partial charge in [-0.1, -0.05) is 30.3 Å². The molecule has 1 fully saturated rings. The summed E-state index contributed by atoms with van der Waals surface area (Å²) in [6.45, 7) is 1.31. The predicted molar refractivity (Wildman–Crippen MR) is 63.7 cm³/mol. The molecule has 0 aliphatic carbocycles. The number of rotatable bonds is 0. The van der Waals surface area contributed by atoms with Gasteiger partial charge in [0.25, 0.3) is 5.91 Å². The highest BCUT2D eigenvalue weighted by Gasteiger charge is 2.37. The third kappa shape index (κ3) is 1.07. The molecule has 1 amide bonds. The lowest BCUT2D eigenvalue weighted by molar-refractivity contribution is 0.0259. The van der Waals surface area contributed by atoms with Crippen LogP contribution in [0.4, 0.5) is 0 Å². The number of hydrogen-bond acceptors (Lipinski definition) is 2. The Morgan fingerprint density at radius 3 is 2.88 bits per heavy atom. The van der Waals surface area contributed by atoms with Crippen LogP contribution >= 0.6 is 0 Å². The minimum atomic E-state index is -0.180. The zero-order valence-electron chi connectivity index (χ0n) is 9.22. The Hall–Kier alpha value is -1.87. The molecule has 1 atom stereocenters. The summed E-state index contributed by atoms with van der Waals surface area (Å²) >= 11 is 0. The summed E-state index contributed by atoms with van der Waals surface area (Å²) < 4.78 is 5.68. The van der Waals surface area contributed by atoms with Crippen molar-refractivity contribution in [1.82, 2.24) is 4.90 Å². The molecular weight excluding hydrogens is 214 g/mol. The van der Waals surface area contributed by atoms with E-state index in [4.69, 9.17) is 4.74 Å². The van der Waals surface area contributed by atoms with E-state index in [1.165, 1.54) is 0 Å². The number of carbonyl (C=O) groups is 1. The summed E-state index contributed by atoms with van der Waals surface area (Å²) in [7, 11) is 0. The normalized spacial score (nSPS) is 22.0. The zero-order valence-corrected chi connectivity index (χ0v) is 9.22. The van der Waals surface area contributed by atoms with Crippen molar-refractivity contribution in [2.45, 2.75) is 6.23 Å². The lowest BCUT2D eigenvalue weighted by Gasteiger charge is -2.30. The van der Waals surface area contributed by atoms with E-state index >= 15 is 0 Å². The first-order chi connectivity index (χ1) is 8.36. The Labute approximate surface area is 98.6 Å².